The number of hydrogen-bond acceptors (Lipinski definition) is 3. The van der Waals surface area contributed by atoms with Crippen LogP contribution < -0.4 is 5.32 Å². The number of nitriles is 1. The lowest BCUT2D eigenvalue weighted by Gasteiger charge is -2.10. The maximum Gasteiger partial charge on any atom is 0.143 e. The van der Waals surface area contributed by atoms with E-state index in [9.17, 15) is 4.39 Å². The Morgan fingerprint density at radius 3 is 2.75 bits per heavy atom. The fraction of sp³-hybridized carbons (Fsp3) is 0.417. The Kier molecular flexibility index (Phi) is 4.74. The molecule has 1 N–H and O–H groups in total. The molecule has 0 amide bonds. The summed E-state index contributed by atoms with van der Waals surface area (Å²) in [6.45, 7) is 1.79. The molecular formula is C12H16FN3. The molecule has 0 saturated heterocycles. The normalized spacial score (nSPS) is 10.2. The molecule has 86 valence electrons. The van der Waals surface area contributed by atoms with Crippen LogP contribution in [0, 0.1) is 17.1 Å². The molecule has 0 atom stereocenters. The van der Waals surface area contributed by atoms with Gasteiger partial charge in [0.25, 0.3) is 0 Å². The standard InChI is InChI=1S/C12H16FN3/c1-16(2)7-3-6-15-11-5-4-10(9-14)12(13)8-11/h4-5,8,15H,3,6-7H2,1-2H3. The summed E-state index contributed by atoms with van der Waals surface area (Å²) in [6, 6.07) is 6.36. The van der Waals surface area contributed by atoms with Crippen molar-refractivity contribution in [3.8, 4) is 6.07 Å². The molecule has 0 aliphatic carbocycles. The predicted molar refractivity (Wildman–Crippen MR) is 62.8 cm³/mol. The third kappa shape index (κ3) is 3.87. The molecule has 0 fully saturated rings. The summed E-state index contributed by atoms with van der Waals surface area (Å²) in [5, 5.41) is 11.7. The SMILES string of the molecule is CN(C)CCCNc1ccc(C#N)c(F)c1. The number of nitrogens with zero attached hydrogens (tertiary/aromatic N) is 2. The molecule has 1 rings (SSSR count). The Balaban J connectivity index is 2.44. The Labute approximate surface area is 95.5 Å². The maximum absolute atomic E-state index is 13.2. The first kappa shape index (κ1) is 12.5. The van der Waals surface area contributed by atoms with Crippen LogP contribution in [0.5, 0.6) is 0 Å². The number of anilines is 1. The third-order valence-corrected chi connectivity index (χ3v) is 2.20. The quantitative estimate of drug-likeness (QED) is 0.773. The second kappa shape index (κ2) is 6.09. The zero-order valence-electron chi connectivity index (χ0n) is 9.63. The van der Waals surface area contributed by atoms with Crippen molar-refractivity contribution in [1.82, 2.24) is 4.90 Å². The molecule has 1 aromatic carbocycles. The van der Waals surface area contributed by atoms with Gasteiger partial charge in [0.05, 0.1) is 5.56 Å². The molecule has 16 heavy (non-hydrogen) atoms. The Hall–Kier alpha value is -1.60. The molecule has 3 nitrogen and oxygen atoms in total. The summed E-state index contributed by atoms with van der Waals surface area (Å²) in [5.74, 6) is -0.472. The average Bonchev–Trinajstić information content (AvgIpc) is 2.24. The van der Waals surface area contributed by atoms with Crippen LogP contribution in [0.15, 0.2) is 18.2 Å². The van der Waals surface area contributed by atoms with E-state index in [2.05, 4.69) is 10.2 Å². The van der Waals surface area contributed by atoms with E-state index in [0.717, 1.165) is 25.2 Å². The Morgan fingerprint density at radius 2 is 2.19 bits per heavy atom. The molecule has 1 aromatic rings. The lowest BCUT2D eigenvalue weighted by molar-refractivity contribution is 0.405. The first-order valence-corrected chi connectivity index (χ1v) is 5.21. The topological polar surface area (TPSA) is 39.1 Å². The van der Waals surface area contributed by atoms with Crippen LogP contribution in [0.25, 0.3) is 0 Å². The van der Waals surface area contributed by atoms with Crippen LogP contribution in [0.4, 0.5) is 10.1 Å². The van der Waals surface area contributed by atoms with Gasteiger partial charge in [0.1, 0.15) is 11.9 Å². The number of halogens is 1. The van der Waals surface area contributed by atoms with Gasteiger partial charge in [0.15, 0.2) is 0 Å². The lowest BCUT2D eigenvalue weighted by Crippen LogP contribution is -2.16. The van der Waals surface area contributed by atoms with Crippen LogP contribution in [-0.4, -0.2) is 32.1 Å². The van der Waals surface area contributed by atoms with E-state index in [1.54, 1.807) is 12.1 Å². The molecule has 4 heteroatoms. The van der Waals surface area contributed by atoms with Gasteiger partial charge in [-0.1, -0.05) is 0 Å². The smallest absolute Gasteiger partial charge is 0.143 e. The largest absolute Gasteiger partial charge is 0.385 e. The molecule has 0 heterocycles. The van der Waals surface area contributed by atoms with Crippen LogP contribution in [0.1, 0.15) is 12.0 Å². The molecular weight excluding hydrogens is 205 g/mol. The van der Waals surface area contributed by atoms with Gasteiger partial charge in [-0.05, 0) is 45.3 Å². The van der Waals surface area contributed by atoms with E-state index < -0.39 is 5.82 Å². The highest BCUT2D eigenvalue weighted by molar-refractivity contribution is 5.47. The monoisotopic (exact) mass is 221 g/mol. The second-order valence-electron chi connectivity index (χ2n) is 3.89. The Bertz CT molecular complexity index is 382. The van der Waals surface area contributed by atoms with Crippen molar-refractivity contribution in [2.24, 2.45) is 0 Å². The maximum atomic E-state index is 13.2. The van der Waals surface area contributed by atoms with E-state index in [1.807, 2.05) is 14.1 Å². The van der Waals surface area contributed by atoms with Gasteiger partial charge in [-0.2, -0.15) is 5.26 Å². The molecule has 0 radical (unpaired) electrons. The molecule has 0 unspecified atom stereocenters. The minimum atomic E-state index is -0.472. The van der Waals surface area contributed by atoms with Crippen LogP contribution >= 0.6 is 0 Å². The number of nitrogens with one attached hydrogen (secondary N) is 1. The minimum Gasteiger partial charge on any atom is -0.385 e. The van der Waals surface area contributed by atoms with Crippen LogP contribution in [0.2, 0.25) is 0 Å². The number of hydrogen-bond donors (Lipinski definition) is 1. The summed E-state index contributed by atoms with van der Waals surface area (Å²) in [4.78, 5) is 2.10. The van der Waals surface area contributed by atoms with Gasteiger partial charge in [-0.3, -0.25) is 0 Å². The second-order valence-corrected chi connectivity index (χ2v) is 3.89. The fourth-order valence-corrected chi connectivity index (χ4v) is 1.34. The van der Waals surface area contributed by atoms with Crippen LogP contribution in [-0.2, 0) is 0 Å². The molecule has 0 aliphatic rings. The number of rotatable bonds is 5. The highest BCUT2D eigenvalue weighted by Crippen LogP contribution is 2.13. The van der Waals surface area contributed by atoms with E-state index in [1.165, 1.54) is 12.1 Å². The van der Waals surface area contributed by atoms with Crippen molar-refractivity contribution in [2.75, 3.05) is 32.5 Å². The van der Waals surface area contributed by atoms with Gasteiger partial charge < -0.3 is 10.2 Å². The van der Waals surface area contributed by atoms with Crippen molar-refractivity contribution in [3.05, 3.63) is 29.6 Å². The first-order chi connectivity index (χ1) is 7.63. The van der Waals surface area contributed by atoms with E-state index in [4.69, 9.17) is 5.26 Å². The van der Waals surface area contributed by atoms with Gasteiger partial charge in [0, 0.05) is 12.2 Å². The van der Waals surface area contributed by atoms with Crippen molar-refractivity contribution in [1.29, 1.82) is 5.26 Å². The van der Waals surface area contributed by atoms with Gasteiger partial charge in [-0.25, -0.2) is 4.39 Å². The minimum absolute atomic E-state index is 0.0823. The lowest BCUT2D eigenvalue weighted by atomic mass is 10.2. The van der Waals surface area contributed by atoms with E-state index in [0.29, 0.717) is 0 Å². The zero-order valence-corrected chi connectivity index (χ0v) is 9.63. The van der Waals surface area contributed by atoms with Crippen molar-refractivity contribution < 1.29 is 4.39 Å². The average molecular weight is 221 g/mol. The van der Waals surface area contributed by atoms with Gasteiger partial charge >= 0.3 is 0 Å². The summed E-state index contributed by atoms with van der Waals surface area (Å²) in [7, 11) is 4.03. The van der Waals surface area contributed by atoms with E-state index >= 15 is 0 Å². The van der Waals surface area contributed by atoms with Crippen molar-refractivity contribution in [2.45, 2.75) is 6.42 Å². The van der Waals surface area contributed by atoms with Crippen LogP contribution in [0.3, 0.4) is 0 Å². The van der Waals surface area contributed by atoms with E-state index in [-0.39, 0.29) is 5.56 Å². The summed E-state index contributed by atoms with van der Waals surface area (Å²) in [6.07, 6.45) is 0.995. The predicted octanol–water partition coefficient (Wildman–Crippen LogP) is 2.06. The first-order valence-electron chi connectivity index (χ1n) is 5.21. The number of benzene rings is 1. The molecule has 0 aliphatic heterocycles. The molecule has 0 spiro atoms. The molecule has 0 saturated carbocycles. The fourth-order valence-electron chi connectivity index (χ4n) is 1.34. The summed E-state index contributed by atoms with van der Waals surface area (Å²) in [5.41, 5.74) is 0.800. The summed E-state index contributed by atoms with van der Waals surface area (Å²) < 4.78 is 13.2. The molecule has 0 bridgehead atoms. The zero-order chi connectivity index (χ0) is 12.0. The third-order valence-electron chi connectivity index (χ3n) is 2.20. The van der Waals surface area contributed by atoms with Gasteiger partial charge in [0.2, 0.25) is 0 Å². The highest BCUT2D eigenvalue weighted by atomic mass is 19.1. The summed E-state index contributed by atoms with van der Waals surface area (Å²) >= 11 is 0. The molecule has 0 aromatic heterocycles. The Morgan fingerprint density at radius 1 is 1.44 bits per heavy atom. The highest BCUT2D eigenvalue weighted by Gasteiger charge is 2.01. The van der Waals surface area contributed by atoms with Gasteiger partial charge in [-0.15, -0.1) is 0 Å². The van der Waals surface area contributed by atoms with Crippen molar-refractivity contribution >= 4 is 5.69 Å². The van der Waals surface area contributed by atoms with Crippen molar-refractivity contribution in [3.63, 3.8) is 0 Å².